The van der Waals surface area contributed by atoms with Crippen LogP contribution in [0.5, 0.6) is 23.0 Å². The number of nitriles is 1. The second-order valence-electron chi connectivity index (χ2n) is 10.1. The van der Waals surface area contributed by atoms with Crippen molar-refractivity contribution in [2.45, 2.75) is 78.6 Å². The molecule has 1 atom stereocenters. The Balaban J connectivity index is 0.00000274. The number of unbranched alkanes of at least 4 members (excludes halogenated alkanes) is 7. The van der Waals surface area contributed by atoms with Crippen molar-refractivity contribution in [1.82, 2.24) is 0 Å². The van der Waals surface area contributed by atoms with Crippen molar-refractivity contribution in [3.05, 3.63) is 72.3 Å². The number of ether oxygens (including phenoxy) is 3. The Labute approximate surface area is 241 Å². The van der Waals surface area contributed by atoms with Gasteiger partial charge in [0, 0.05) is 6.07 Å². The Morgan fingerprint density at radius 3 is 1.85 bits per heavy atom. The summed E-state index contributed by atoms with van der Waals surface area (Å²) in [5.74, 6) is 3.29. The second-order valence-corrected chi connectivity index (χ2v) is 10.1. The van der Waals surface area contributed by atoms with Crippen LogP contribution in [0.1, 0.15) is 84.1 Å². The second kappa shape index (κ2) is 19.3. The van der Waals surface area contributed by atoms with E-state index >= 15 is 0 Å². The molecular formula is C35H45NO4. The van der Waals surface area contributed by atoms with Crippen LogP contribution in [-0.4, -0.2) is 20.0 Å². The SMILES string of the molecule is C=O.CCCCCCCCCCOc1ccc(-c2ccc(Oc3ccc(OCC(C)CC)c(C#N)c3)cc2)cc1. The summed E-state index contributed by atoms with van der Waals surface area (Å²) >= 11 is 0. The van der Waals surface area contributed by atoms with Gasteiger partial charge in [-0.25, -0.2) is 0 Å². The third-order valence-corrected chi connectivity index (χ3v) is 6.84. The molecule has 3 rings (SSSR count). The van der Waals surface area contributed by atoms with Crippen LogP contribution in [-0.2, 0) is 4.79 Å². The van der Waals surface area contributed by atoms with Crippen molar-refractivity contribution in [1.29, 1.82) is 5.26 Å². The van der Waals surface area contributed by atoms with E-state index in [0.29, 0.717) is 29.6 Å². The summed E-state index contributed by atoms with van der Waals surface area (Å²) in [6, 6.07) is 23.8. The highest BCUT2D eigenvalue weighted by Crippen LogP contribution is 2.30. The van der Waals surface area contributed by atoms with Gasteiger partial charge in [0.25, 0.3) is 0 Å². The van der Waals surface area contributed by atoms with E-state index in [2.05, 4.69) is 39.0 Å². The molecule has 3 aromatic rings. The van der Waals surface area contributed by atoms with Crippen LogP contribution in [0.25, 0.3) is 11.1 Å². The van der Waals surface area contributed by atoms with E-state index in [-0.39, 0.29) is 0 Å². The smallest absolute Gasteiger partial charge is 0.137 e. The van der Waals surface area contributed by atoms with Crippen molar-refractivity contribution in [2.75, 3.05) is 13.2 Å². The summed E-state index contributed by atoms with van der Waals surface area (Å²) in [5.41, 5.74) is 2.72. The molecule has 0 saturated heterocycles. The minimum absolute atomic E-state index is 0.444. The Bertz CT molecular complexity index is 1140. The minimum Gasteiger partial charge on any atom is -0.494 e. The summed E-state index contributed by atoms with van der Waals surface area (Å²) in [5, 5.41) is 9.53. The summed E-state index contributed by atoms with van der Waals surface area (Å²) in [6.07, 6.45) is 11.5. The third kappa shape index (κ3) is 11.5. The van der Waals surface area contributed by atoms with Gasteiger partial charge < -0.3 is 19.0 Å². The molecule has 5 nitrogen and oxygen atoms in total. The van der Waals surface area contributed by atoms with Gasteiger partial charge in [-0.05, 0) is 59.9 Å². The molecule has 0 aliphatic heterocycles. The van der Waals surface area contributed by atoms with Crippen molar-refractivity contribution >= 4 is 6.79 Å². The predicted molar refractivity (Wildman–Crippen MR) is 163 cm³/mol. The lowest BCUT2D eigenvalue weighted by molar-refractivity contribution is -0.0980. The van der Waals surface area contributed by atoms with Crippen LogP contribution in [0.3, 0.4) is 0 Å². The number of benzene rings is 3. The third-order valence-electron chi connectivity index (χ3n) is 6.84. The first-order valence-corrected chi connectivity index (χ1v) is 14.6. The van der Waals surface area contributed by atoms with E-state index in [1.165, 1.54) is 44.9 Å². The molecule has 5 heteroatoms. The zero-order chi connectivity index (χ0) is 29.0. The maximum Gasteiger partial charge on any atom is 0.137 e. The van der Waals surface area contributed by atoms with Crippen LogP contribution in [0.2, 0.25) is 0 Å². The van der Waals surface area contributed by atoms with Crippen LogP contribution in [0.15, 0.2) is 66.7 Å². The Morgan fingerprint density at radius 1 is 0.725 bits per heavy atom. The fraction of sp³-hybridized carbons (Fsp3) is 0.429. The molecule has 0 aliphatic carbocycles. The molecule has 0 saturated carbocycles. The molecule has 0 radical (unpaired) electrons. The molecule has 0 bridgehead atoms. The fourth-order valence-electron chi connectivity index (χ4n) is 4.16. The van der Waals surface area contributed by atoms with Crippen molar-refractivity contribution in [2.24, 2.45) is 5.92 Å². The Morgan fingerprint density at radius 2 is 1.27 bits per heavy atom. The van der Waals surface area contributed by atoms with Gasteiger partial charge in [-0.2, -0.15) is 5.26 Å². The molecule has 0 heterocycles. The maximum absolute atomic E-state index is 9.53. The molecule has 0 N–H and O–H groups in total. The lowest BCUT2D eigenvalue weighted by Gasteiger charge is -2.13. The fourth-order valence-corrected chi connectivity index (χ4v) is 4.16. The summed E-state index contributed by atoms with van der Waals surface area (Å²) in [6.45, 7) is 9.89. The average molecular weight is 544 g/mol. The highest BCUT2D eigenvalue weighted by Gasteiger charge is 2.09. The number of hydrogen-bond acceptors (Lipinski definition) is 5. The number of hydrogen-bond donors (Lipinski definition) is 0. The van der Waals surface area contributed by atoms with Crippen molar-refractivity contribution in [3.63, 3.8) is 0 Å². The Kier molecular flexibility index (Phi) is 15.7. The lowest BCUT2D eigenvalue weighted by atomic mass is 10.1. The average Bonchev–Trinajstić information content (AvgIpc) is 3.01. The summed E-state index contributed by atoms with van der Waals surface area (Å²) in [7, 11) is 0. The standard InChI is InChI=1S/C34H43NO3.CH2O/c1-4-6-7-8-9-10-11-12-23-36-31-17-13-28(14-18-31)29-15-19-32(20-16-29)38-33-21-22-34(30(24-33)25-35)37-26-27(3)5-2;1-2/h13-22,24,27H,4-12,23,26H2,1-3H3;1H2. The molecule has 40 heavy (non-hydrogen) atoms. The van der Waals surface area contributed by atoms with E-state index < -0.39 is 0 Å². The topological polar surface area (TPSA) is 68.6 Å². The lowest BCUT2D eigenvalue weighted by Crippen LogP contribution is -2.08. The van der Waals surface area contributed by atoms with Gasteiger partial charge in [0.15, 0.2) is 0 Å². The zero-order valence-corrected chi connectivity index (χ0v) is 24.5. The van der Waals surface area contributed by atoms with Crippen molar-refractivity contribution < 1.29 is 19.0 Å². The molecular weight excluding hydrogens is 498 g/mol. The highest BCUT2D eigenvalue weighted by molar-refractivity contribution is 5.65. The normalized spacial score (nSPS) is 11.1. The first kappa shape index (κ1) is 32.4. The molecule has 0 spiro atoms. The molecule has 0 aromatic heterocycles. The van der Waals surface area contributed by atoms with Gasteiger partial charge in [0.1, 0.15) is 35.9 Å². The quantitative estimate of drug-likeness (QED) is 0.158. The molecule has 0 fully saturated rings. The van der Waals surface area contributed by atoms with E-state index in [1.807, 2.05) is 55.3 Å². The van der Waals surface area contributed by atoms with Gasteiger partial charge in [0.05, 0.1) is 18.8 Å². The first-order valence-electron chi connectivity index (χ1n) is 14.6. The number of carbonyl (C=O) groups excluding carboxylic acids is 1. The van der Waals surface area contributed by atoms with E-state index in [4.69, 9.17) is 19.0 Å². The van der Waals surface area contributed by atoms with Gasteiger partial charge >= 0.3 is 0 Å². The zero-order valence-electron chi connectivity index (χ0n) is 24.5. The molecule has 1 unspecified atom stereocenters. The van der Waals surface area contributed by atoms with Gasteiger partial charge in [0.2, 0.25) is 0 Å². The number of rotatable bonds is 17. The number of nitrogens with zero attached hydrogens (tertiary/aromatic N) is 1. The highest BCUT2D eigenvalue weighted by atomic mass is 16.5. The van der Waals surface area contributed by atoms with Crippen LogP contribution >= 0.6 is 0 Å². The van der Waals surface area contributed by atoms with Gasteiger partial charge in [-0.3, -0.25) is 0 Å². The van der Waals surface area contributed by atoms with Crippen LogP contribution in [0.4, 0.5) is 0 Å². The molecule has 0 amide bonds. The van der Waals surface area contributed by atoms with E-state index in [1.54, 1.807) is 6.07 Å². The first-order chi connectivity index (χ1) is 19.6. The maximum atomic E-state index is 9.53. The van der Waals surface area contributed by atoms with Crippen LogP contribution in [0, 0.1) is 17.2 Å². The predicted octanol–water partition coefficient (Wildman–Crippen LogP) is 9.78. The number of carbonyl (C=O) groups is 1. The molecule has 214 valence electrons. The summed E-state index contributed by atoms with van der Waals surface area (Å²) < 4.78 is 17.8. The molecule has 0 aliphatic rings. The Hall–Kier alpha value is -3.78. The summed E-state index contributed by atoms with van der Waals surface area (Å²) in [4.78, 5) is 8.00. The van der Waals surface area contributed by atoms with Crippen molar-refractivity contribution in [3.8, 4) is 40.2 Å². The van der Waals surface area contributed by atoms with E-state index in [0.717, 1.165) is 42.1 Å². The van der Waals surface area contributed by atoms with Gasteiger partial charge in [-0.15, -0.1) is 0 Å². The van der Waals surface area contributed by atoms with Gasteiger partial charge in [-0.1, -0.05) is 96.4 Å². The van der Waals surface area contributed by atoms with Crippen LogP contribution < -0.4 is 14.2 Å². The minimum atomic E-state index is 0.444. The molecule has 3 aromatic carbocycles. The van der Waals surface area contributed by atoms with E-state index in [9.17, 15) is 5.26 Å². The monoisotopic (exact) mass is 543 g/mol. The largest absolute Gasteiger partial charge is 0.494 e.